The second kappa shape index (κ2) is 4.26. The van der Waals surface area contributed by atoms with Crippen LogP contribution in [0.25, 0.3) is 0 Å². The van der Waals surface area contributed by atoms with Crippen molar-refractivity contribution in [1.82, 2.24) is 0 Å². The first-order valence-corrected chi connectivity index (χ1v) is 5.03. The summed E-state index contributed by atoms with van der Waals surface area (Å²) in [6.45, 7) is 0. The third kappa shape index (κ3) is 2.65. The Balaban J connectivity index is 2.08. The lowest BCUT2D eigenvalue weighted by Crippen LogP contribution is -2.07. The Morgan fingerprint density at radius 2 is 2.27 bits per heavy atom. The molecule has 1 fully saturated rings. The Morgan fingerprint density at radius 3 is 2.93 bits per heavy atom. The second-order valence-electron chi connectivity index (χ2n) is 3.68. The van der Waals surface area contributed by atoms with E-state index in [1.165, 1.54) is 0 Å². The van der Waals surface area contributed by atoms with Crippen molar-refractivity contribution in [3.8, 4) is 0 Å². The van der Waals surface area contributed by atoms with Crippen molar-refractivity contribution in [2.24, 2.45) is 0 Å². The number of aldehydes is 1. The van der Waals surface area contributed by atoms with Crippen LogP contribution in [0.3, 0.4) is 0 Å². The SMILES string of the molecule is O=CCc1cccc(C(=O)OC2CC2)c1. The number of hydrogen-bond acceptors (Lipinski definition) is 3. The maximum atomic E-state index is 11.5. The van der Waals surface area contributed by atoms with Crippen LogP contribution in [0.1, 0.15) is 28.8 Å². The van der Waals surface area contributed by atoms with Gasteiger partial charge in [-0.3, -0.25) is 0 Å². The molecule has 1 aliphatic carbocycles. The topological polar surface area (TPSA) is 43.4 Å². The molecule has 0 aliphatic heterocycles. The van der Waals surface area contributed by atoms with E-state index in [-0.39, 0.29) is 12.1 Å². The van der Waals surface area contributed by atoms with Crippen molar-refractivity contribution >= 4 is 12.3 Å². The Kier molecular flexibility index (Phi) is 2.81. The summed E-state index contributed by atoms with van der Waals surface area (Å²) >= 11 is 0. The monoisotopic (exact) mass is 204 g/mol. The zero-order valence-corrected chi connectivity index (χ0v) is 8.31. The molecule has 0 unspecified atom stereocenters. The molecule has 3 nitrogen and oxygen atoms in total. The summed E-state index contributed by atoms with van der Waals surface area (Å²) in [5.41, 5.74) is 1.37. The maximum absolute atomic E-state index is 11.5. The molecule has 0 spiro atoms. The number of ether oxygens (including phenoxy) is 1. The van der Waals surface area contributed by atoms with E-state index < -0.39 is 0 Å². The van der Waals surface area contributed by atoms with Crippen LogP contribution in [-0.4, -0.2) is 18.4 Å². The van der Waals surface area contributed by atoms with Gasteiger partial charge in [0.05, 0.1) is 5.56 Å². The van der Waals surface area contributed by atoms with Crippen LogP contribution in [-0.2, 0) is 16.0 Å². The number of benzene rings is 1. The van der Waals surface area contributed by atoms with E-state index in [0.717, 1.165) is 24.7 Å². The molecule has 0 bridgehead atoms. The van der Waals surface area contributed by atoms with Gasteiger partial charge in [-0.25, -0.2) is 4.79 Å². The van der Waals surface area contributed by atoms with E-state index in [1.807, 2.05) is 6.07 Å². The molecule has 1 aromatic rings. The van der Waals surface area contributed by atoms with Crippen molar-refractivity contribution in [1.29, 1.82) is 0 Å². The summed E-state index contributed by atoms with van der Waals surface area (Å²) < 4.78 is 5.15. The molecular weight excluding hydrogens is 192 g/mol. The standard InChI is InChI=1S/C12H12O3/c13-7-6-9-2-1-3-10(8-9)12(14)15-11-4-5-11/h1-3,7-8,11H,4-6H2. The number of hydrogen-bond donors (Lipinski definition) is 0. The van der Waals surface area contributed by atoms with E-state index >= 15 is 0 Å². The average Bonchev–Trinajstić information content (AvgIpc) is 3.03. The first-order chi connectivity index (χ1) is 7.29. The van der Waals surface area contributed by atoms with E-state index in [9.17, 15) is 9.59 Å². The number of carbonyl (C=O) groups excluding carboxylic acids is 2. The molecule has 0 N–H and O–H groups in total. The molecule has 0 heterocycles. The van der Waals surface area contributed by atoms with Crippen molar-refractivity contribution in [2.75, 3.05) is 0 Å². The lowest BCUT2D eigenvalue weighted by atomic mass is 10.1. The van der Waals surface area contributed by atoms with E-state index in [1.54, 1.807) is 18.2 Å². The normalized spacial score (nSPS) is 14.7. The van der Waals surface area contributed by atoms with Crippen LogP contribution in [0.4, 0.5) is 0 Å². The van der Waals surface area contributed by atoms with Gasteiger partial charge in [0.1, 0.15) is 12.4 Å². The fourth-order valence-corrected chi connectivity index (χ4v) is 1.33. The van der Waals surface area contributed by atoms with Gasteiger partial charge in [0.15, 0.2) is 0 Å². The molecular formula is C12H12O3. The zero-order valence-electron chi connectivity index (χ0n) is 8.31. The molecule has 0 aromatic heterocycles. The molecule has 0 amide bonds. The third-order valence-electron chi connectivity index (χ3n) is 2.28. The smallest absolute Gasteiger partial charge is 0.338 e. The first kappa shape index (κ1) is 9.90. The zero-order chi connectivity index (χ0) is 10.7. The number of esters is 1. The average molecular weight is 204 g/mol. The Hall–Kier alpha value is -1.64. The Labute approximate surface area is 88.1 Å². The van der Waals surface area contributed by atoms with E-state index in [4.69, 9.17) is 4.74 Å². The van der Waals surface area contributed by atoms with Crippen molar-refractivity contribution < 1.29 is 14.3 Å². The van der Waals surface area contributed by atoms with Gasteiger partial charge in [-0.15, -0.1) is 0 Å². The van der Waals surface area contributed by atoms with Crippen LogP contribution in [0.5, 0.6) is 0 Å². The van der Waals surface area contributed by atoms with E-state index in [2.05, 4.69) is 0 Å². The minimum Gasteiger partial charge on any atom is -0.459 e. The summed E-state index contributed by atoms with van der Waals surface area (Å²) in [5.74, 6) is -0.287. The summed E-state index contributed by atoms with van der Waals surface area (Å²) in [6, 6.07) is 7.00. The van der Waals surface area contributed by atoms with Crippen LogP contribution >= 0.6 is 0 Å². The highest BCUT2D eigenvalue weighted by molar-refractivity contribution is 5.90. The van der Waals surface area contributed by atoms with Gasteiger partial charge >= 0.3 is 5.97 Å². The van der Waals surface area contributed by atoms with Gasteiger partial charge in [0.2, 0.25) is 0 Å². The predicted octanol–water partition coefficient (Wildman–Crippen LogP) is 1.75. The molecule has 3 heteroatoms. The minimum absolute atomic E-state index is 0.118. The summed E-state index contributed by atoms with van der Waals surface area (Å²) in [7, 11) is 0. The molecule has 15 heavy (non-hydrogen) atoms. The lowest BCUT2D eigenvalue weighted by Gasteiger charge is -2.03. The van der Waals surface area contributed by atoms with Gasteiger partial charge in [0.25, 0.3) is 0 Å². The molecule has 78 valence electrons. The van der Waals surface area contributed by atoms with Gasteiger partial charge in [0, 0.05) is 6.42 Å². The minimum atomic E-state index is -0.287. The van der Waals surface area contributed by atoms with Crippen molar-refractivity contribution in [2.45, 2.75) is 25.4 Å². The van der Waals surface area contributed by atoms with E-state index in [0.29, 0.717) is 12.0 Å². The number of rotatable bonds is 4. The van der Waals surface area contributed by atoms with Gasteiger partial charge in [-0.2, -0.15) is 0 Å². The molecule has 0 radical (unpaired) electrons. The molecule has 0 saturated heterocycles. The van der Waals surface area contributed by atoms with Gasteiger partial charge < -0.3 is 9.53 Å². The summed E-state index contributed by atoms with van der Waals surface area (Å²) in [4.78, 5) is 21.9. The van der Waals surface area contributed by atoms with Crippen LogP contribution < -0.4 is 0 Å². The third-order valence-corrected chi connectivity index (χ3v) is 2.28. The fraction of sp³-hybridized carbons (Fsp3) is 0.333. The second-order valence-corrected chi connectivity index (χ2v) is 3.68. The van der Waals surface area contributed by atoms with Crippen molar-refractivity contribution in [3.05, 3.63) is 35.4 Å². The number of carbonyl (C=O) groups is 2. The molecule has 1 saturated carbocycles. The summed E-state index contributed by atoms with van der Waals surface area (Å²) in [5, 5.41) is 0. The lowest BCUT2D eigenvalue weighted by molar-refractivity contribution is -0.107. The maximum Gasteiger partial charge on any atom is 0.338 e. The highest BCUT2D eigenvalue weighted by Gasteiger charge is 2.26. The molecule has 1 aliphatic rings. The molecule has 1 aromatic carbocycles. The van der Waals surface area contributed by atoms with Crippen LogP contribution in [0.2, 0.25) is 0 Å². The van der Waals surface area contributed by atoms with Crippen molar-refractivity contribution in [3.63, 3.8) is 0 Å². The van der Waals surface area contributed by atoms with Crippen LogP contribution in [0, 0.1) is 0 Å². The predicted molar refractivity (Wildman–Crippen MR) is 54.6 cm³/mol. The summed E-state index contributed by atoms with van der Waals surface area (Å²) in [6.07, 6.45) is 3.22. The highest BCUT2D eigenvalue weighted by atomic mass is 16.5. The Bertz CT molecular complexity index is 380. The first-order valence-electron chi connectivity index (χ1n) is 5.03. The Morgan fingerprint density at radius 1 is 1.47 bits per heavy atom. The van der Waals surface area contributed by atoms with Crippen LogP contribution in [0.15, 0.2) is 24.3 Å². The van der Waals surface area contributed by atoms with Gasteiger partial charge in [-0.1, -0.05) is 12.1 Å². The van der Waals surface area contributed by atoms with Gasteiger partial charge in [-0.05, 0) is 30.5 Å². The fourth-order valence-electron chi connectivity index (χ4n) is 1.33. The quantitative estimate of drug-likeness (QED) is 0.554. The largest absolute Gasteiger partial charge is 0.459 e. The molecule has 0 atom stereocenters. The molecule has 2 rings (SSSR count). The highest BCUT2D eigenvalue weighted by Crippen LogP contribution is 2.24.